The van der Waals surface area contributed by atoms with Gasteiger partial charge in [-0.3, -0.25) is 0 Å². The number of nitrogens with zero attached hydrogens (tertiary/aromatic N) is 1. The van der Waals surface area contributed by atoms with E-state index in [-0.39, 0.29) is 5.82 Å². The first-order valence-electron chi connectivity index (χ1n) is 6.23. The molecule has 3 rings (SSSR count). The third-order valence-electron chi connectivity index (χ3n) is 2.97. The van der Waals surface area contributed by atoms with Gasteiger partial charge in [0.1, 0.15) is 17.3 Å². The average molecular weight is 371 g/mol. The van der Waals surface area contributed by atoms with Gasteiger partial charge in [-0.05, 0) is 18.2 Å². The van der Waals surface area contributed by atoms with E-state index in [4.69, 9.17) is 20.9 Å². The van der Waals surface area contributed by atoms with Crippen LogP contribution in [0.2, 0.25) is 5.02 Å². The lowest BCUT2D eigenvalue weighted by molar-refractivity contribution is 0.344. The molecule has 0 spiro atoms. The van der Waals surface area contributed by atoms with Crippen LogP contribution < -0.4 is 4.74 Å². The molecule has 3 aromatic rings. The SMILES string of the molecule is Fc1ccccc1-c1noc2cc(OCCBr)cc(Cl)c12. The average Bonchev–Trinajstić information content (AvgIpc) is 2.90. The molecule has 0 N–H and O–H groups in total. The van der Waals surface area contributed by atoms with Crippen LogP contribution in [0.15, 0.2) is 40.9 Å². The van der Waals surface area contributed by atoms with Gasteiger partial charge < -0.3 is 9.26 Å². The first-order valence-corrected chi connectivity index (χ1v) is 7.73. The highest BCUT2D eigenvalue weighted by molar-refractivity contribution is 9.09. The predicted molar refractivity (Wildman–Crippen MR) is 83.7 cm³/mol. The van der Waals surface area contributed by atoms with E-state index >= 15 is 0 Å². The second-order valence-corrected chi connectivity index (χ2v) is 5.53. The van der Waals surface area contributed by atoms with Crippen molar-refractivity contribution in [2.24, 2.45) is 0 Å². The van der Waals surface area contributed by atoms with Crippen molar-refractivity contribution < 1.29 is 13.7 Å². The van der Waals surface area contributed by atoms with Crippen LogP contribution in [0.3, 0.4) is 0 Å². The van der Waals surface area contributed by atoms with Gasteiger partial charge >= 0.3 is 0 Å². The number of halogens is 3. The minimum absolute atomic E-state index is 0.354. The second-order valence-electron chi connectivity index (χ2n) is 4.33. The van der Waals surface area contributed by atoms with Crippen molar-refractivity contribution in [2.45, 2.75) is 0 Å². The molecule has 0 amide bonds. The number of fused-ring (bicyclic) bond motifs is 1. The Hall–Kier alpha value is -1.59. The zero-order valence-electron chi connectivity index (χ0n) is 10.8. The fraction of sp³-hybridized carbons (Fsp3) is 0.133. The Balaban J connectivity index is 2.13. The fourth-order valence-corrected chi connectivity index (χ4v) is 2.53. The number of alkyl halides is 1. The molecule has 0 saturated carbocycles. The van der Waals surface area contributed by atoms with E-state index in [2.05, 4.69) is 21.1 Å². The molecule has 6 heteroatoms. The molecule has 0 aliphatic rings. The first-order chi connectivity index (χ1) is 10.2. The van der Waals surface area contributed by atoms with Crippen molar-refractivity contribution in [1.29, 1.82) is 0 Å². The van der Waals surface area contributed by atoms with Crippen LogP contribution in [0.4, 0.5) is 4.39 Å². The monoisotopic (exact) mass is 369 g/mol. The Morgan fingerprint density at radius 3 is 2.86 bits per heavy atom. The van der Waals surface area contributed by atoms with Crippen molar-refractivity contribution in [3.05, 3.63) is 47.2 Å². The van der Waals surface area contributed by atoms with E-state index in [0.29, 0.717) is 44.9 Å². The standard InChI is InChI=1S/C15H10BrClFNO2/c16-5-6-20-9-7-11(17)14-13(8-9)21-19-15(14)10-3-1-2-4-12(10)18/h1-4,7-8H,5-6H2. The summed E-state index contributed by atoms with van der Waals surface area (Å²) in [6.45, 7) is 0.510. The molecule has 0 unspecified atom stereocenters. The van der Waals surface area contributed by atoms with Crippen LogP contribution in [-0.4, -0.2) is 17.1 Å². The van der Waals surface area contributed by atoms with Gasteiger partial charge in [0.15, 0.2) is 5.58 Å². The number of ether oxygens (including phenoxy) is 1. The third-order valence-corrected chi connectivity index (χ3v) is 3.60. The van der Waals surface area contributed by atoms with Crippen molar-refractivity contribution >= 4 is 38.5 Å². The zero-order chi connectivity index (χ0) is 14.8. The van der Waals surface area contributed by atoms with Crippen LogP contribution in [0, 0.1) is 5.82 Å². The van der Waals surface area contributed by atoms with Crippen LogP contribution >= 0.6 is 27.5 Å². The van der Waals surface area contributed by atoms with Crippen molar-refractivity contribution in [3.63, 3.8) is 0 Å². The van der Waals surface area contributed by atoms with Gasteiger partial charge in [-0.1, -0.05) is 44.8 Å². The van der Waals surface area contributed by atoms with E-state index in [0.717, 1.165) is 0 Å². The summed E-state index contributed by atoms with van der Waals surface area (Å²) in [4.78, 5) is 0. The highest BCUT2D eigenvalue weighted by Crippen LogP contribution is 2.37. The third kappa shape index (κ3) is 2.76. The molecule has 0 bridgehead atoms. The van der Waals surface area contributed by atoms with Gasteiger partial charge in [0.25, 0.3) is 0 Å². The van der Waals surface area contributed by atoms with E-state index in [1.54, 1.807) is 30.3 Å². The zero-order valence-corrected chi connectivity index (χ0v) is 13.1. The maximum atomic E-state index is 13.9. The quantitative estimate of drug-likeness (QED) is 0.602. The first kappa shape index (κ1) is 14.4. The van der Waals surface area contributed by atoms with Crippen LogP contribution in [0.1, 0.15) is 0 Å². The Labute approximate surface area is 133 Å². The van der Waals surface area contributed by atoms with E-state index in [9.17, 15) is 4.39 Å². The van der Waals surface area contributed by atoms with Gasteiger partial charge in [0.05, 0.1) is 17.0 Å². The Bertz CT molecular complexity index is 790. The molecule has 0 fully saturated rings. The number of hydrogen-bond donors (Lipinski definition) is 0. The number of aromatic nitrogens is 1. The second kappa shape index (κ2) is 6.03. The van der Waals surface area contributed by atoms with Crippen molar-refractivity contribution in [2.75, 3.05) is 11.9 Å². The van der Waals surface area contributed by atoms with Gasteiger partial charge in [-0.15, -0.1) is 0 Å². The molecule has 1 heterocycles. The molecular formula is C15H10BrClFNO2. The predicted octanol–water partition coefficient (Wildman–Crippen LogP) is 5.06. The van der Waals surface area contributed by atoms with E-state index in [1.165, 1.54) is 6.07 Å². The summed E-state index contributed by atoms with van der Waals surface area (Å²) < 4.78 is 24.7. The summed E-state index contributed by atoms with van der Waals surface area (Å²) in [5, 5.41) is 5.64. The van der Waals surface area contributed by atoms with Crippen LogP contribution in [-0.2, 0) is 0 Å². The lowest BCUT2D eigenvalue weighted by Crippen LogP contribution is -1.97. The molecule has 2 aromatic carbocycles. The molecule has 108 valence electrons. The fourth-order valence-electron chi connectivity index (χ4n) is 2.08. The van der Waals surface area contributed by atoms with E-state index < -0.39 is 0 Å². The lowest BCUT2D eigenvalue weighted by atomic mass is 10.1. The summed E-state index contributed by atoms with van der Waals surface area (Å²) >= 11 is 9.56. The summed E-state index contributed by atoms with van der Waals surface area (Å²) in [6, 6.07) is 9.74. The maximum Gasteiger partial charge on any atom is 0.172 e. The number of benzene rings is 2. The summed E-state index contributed by atoms with van der Waals surface area (Å²) in [5.41, 5.74) is 1.21. The molecule has 0 saturated heterocycles. The van der Waals surface area contributed by atoms with Gasteiger partial charge in [0, 0.05) is 17.0 Å². The van der Waals surface area contributed by atoms with Crippen LogP contribution in [0.25, 0.3) is 22.2 Å². The maximum absolute atomic E-state index is 13.9. The number of hydrogen-bond acceptors (Lipinski definition) is 3. The minimum atomic E-state index is -0.372. The molecule has 0 radical (unpaired) electrons. The molecule has 1 aromatic heterocycles. The molecule has 21 heavy (non-hydrogen) atoms. The smallest absolute Gasteiger partial charge is 0.172 e. The highest BCUT2D eigenvalue weighted by Gasteiger charge is 2.17. The van der Waals surface area contributed by atoms with Crippen molar-refractivity contribution in [1.82, 2.24) is 5.16 Å². The topological polar surface area (TPSA) is 35.3 Å². The van der Waals surface area contributed by atoms with Gasteiger partial charge in [-0.2, -0.15) is 0 Å². The molecule has 0 aliphatic carbocycles. The number of rotatable bonds is 4. The molecule has 0 aliphatic heterocycles. The summed E-state index contributed by atoms with van der Waals surface area (Å²) in [7, 11) is 0. The largest absolute Gasteiger partial charge is 0.493 e. The van der Waals surface area contributed by atoms with E-state index in [1.807, 2.05) is 0 Å². The van der Waals surface area contributed by atoms with Gasteiger partial charge in [-0.25, -0.2) is 4.39 Å². The minimum Gasteiger partial charge on any atom is -0.493 e. The Morgan fingerprint density at radius 1 is 1.29 bits per heavy atom. The Morgan fingerprint density at radius 2 is 2.10 bits per heavy atom. The molecular weight excluding hydrogens is 361 g/mol. The van der Waals surface area contributed by atoms with Crippen molar-refractivity contribution in [3.8, 4) is 17.0 Å². The van der Waals surface area contributed by atoms with Gasteiger partial charge in [0.2, 0.25) is 0 Å². The summed E-state index contributed by atoms with van der Waals surface area (Å²) in [5.74, 6) is 0.214. The van der Waals surface area contributed by atoms with Crippen LogP contribution in [0.5, 0.6) is 5.75 Å². The normalized spacial score (nSPS) is 11.0. The lowest BCUT2D eigenvalue weighted by Gasteiger charge is -2.05. The summed E-state index contributed by atoms with van der Waals surface area (Å²) in [6.07, 6.45) is 0. The highest BCUT2D eigenvalue weighted by atomic mass is 79.9. The molecule has 0 atom stereocenters. The Kier molecular flexibility index (Phi) is 4.12. The molecule has 3 nitrogen and oxygen atoms in total.